The van der Waals surface area contributed by atoms with Crippen LogP contribution in [0.2, 0.25) is 0 Å². The lowest BCUT2D eigenvalue weighted by Crippen LogP contribution is -2.52. The Morgan fingerprint density at radius 2 is 1.62 bits per heavy atom. The van der Waals surface area contributed by atoms with Crippen molar-refractivity contribution in [3.05, 3.63) is 90.1 Å². The van der Waals surface area contributed by atoms with Crippen molar-refractivity contribution in [3.63, 3.8) is 0 Å². The number of hydrogen-bond acceptors (Lipinski definition) is 10. The van der Waals surface area contributed by atoms with Crippen LogP contribution < -0.4 is 24.8 Å². The average Bonchev–Trinajstić information content (AvgIpc) is 3.62. The van der Waals surface area contributed by atoms with Gasteiger partial charge >= 0.3 is 6.18 Å². The van der Waals surface area contributed by atoms with Gasteiger partial charge in [0.1, 0.15) is 22.8 Å². The number of methoxy groups -OCH3 is 1. The number of benzene rings is 3. The monoisotopic (exact) mass is 689 g/mol. The summed E-state index contributed by atoms with van der Waals surface area (Å²) in [6, 6.07) is 22.3. The van der Waals surface area contributed by atoms with Crippen LogP contribution in [0.1, 0.15) is 36.4 Å². The van der Waals surface area contributed by atoms with Crippen LogP contribution in [0.3, 0.4) is 0 Å². The first-order valence-corrected chi connectivity index (χ1v) is 17.1. The fraction of sp³-hybridized carbons (Fsp3) is 0.405. The minimum atomic E-state index is -4.70. The van der Waals surface area contributed by atoms with E-state index in [1.165, 1.54) is 5.06 Å². The van der Waals surface area contributed by atoms with Gasteiger partial charge in [0.15, 0.2) is 5.82 Å². The minimum Gasteiger partial charge on any atom is -0.495 e. The van der Waals surface area contributed by atoms with Crippen molar-refractivity contribution in [2.24, 2.45) is 0 Å². The lowest BCUT2D eigenvalue weighted by molar-refractivity contribution is -0.138. The van der Waals surface area contributed by atoms with Crippen LogP contribution in [0.15, 0.2) is 79.0 Å². The second-order valence-electron chi connectivity index (χ2n) is 12.9. The average molecular weight is 690 g/mol. The molecule has 0 amide bonds. The van der Waals surface area contributed by atoms with Gasteiger partial charge in [0.2, 0.25) is 5.95 Å². The molecule has 1 aromatic heterocycles. The molecule has 3 saturated heterocycles. The Morgan fingerprint density at radius 3 is 2.36 bits per heavy atom. The number of aromatic nitrogens is 2. The third-order valence-corrected chi connectivity index (χ3v) is 9.70. The number of alkyl halides is 3. The molecule has 4 heterocycles. The van der Waals surface area contributed by atoms with Crippen molar-refractivity contribution in [2.45, 2.75) is 37.5 Å². The Kier molecular flexibility index (Phi) is 9.97. The first kappa shape index (κ1) is 33.9. The van der Waals surface area contributed by atoms with Gasteiger partial charge in [0.25, 0.3) is 0 Å². The van der Waals surface area contributed by atoms with E-state index in [1.807, 2.05) is 66.7 Å². The molecule has 7 rings (SSSR count). The molecule has 3 aromatic carbocycles. The number of piperidine rings is 1. The summed E-state index contributed by atoms with van der Waals surface area (Å²) in [7, 11) is 3.80. The van der Waals surface area contributed by atoms with Gasteiger partial charge in [0.05, 0.1) is 25.4 Å². The van der Waals surface area contributed by atoms with Crippen molar-refractivity contribution < 1.29 is 27.5 Å². The van der Waals surface area contributed by atoms with Crippen LogP contribution in [0.25, 0.3) is 0 Å². The van der Waals surface area contributed by atoms with E-state index in [0.717, 1.165) is 69.6 Å². The van der Waals surface area contributed by atoms with Crippen LogP contribution in [0.4, 0.5) is 36.3 Å². The standard InChI is InChI=1S/C37H42F3N7O3/c1-44-18-20-45(21-19-44)28-13-16-46(17-14-28)33-12-11-27(24-34(33)48-2)42-36-41-25-31(37(38,39)40)35(43-36)47-32(15-22-49-47)26-7-6-10-30(23-26)50-29-8-4-3-5-9-29/h3-12,23-25,28,32H,13-22H2,1-2H3,(H,41,42,43). The predicted molar refractivity (Wildman–Crippen MR) is 186 cm³/mol. The van der Waals surface area contributed by atoms with E-state index < -0.39 is 17.8 Å². The van der Waals surface area contributed by atoms with Crippen LogP contribution in [0, 0.1) is 0 Å². The first-order valence-electron chi connectivity index (χ1n) is 17.1. The summed E-state index contributed by atoms with van der Waals surface area (Å²) in [5.74, 6) is 1.54. The third-order valence-electron chi connectivity index (χ3n) is 9.70. The van der Waals surface area contributed by atoms with Gasteiger partial charge in [0, 0.05) is 69.7 Å². The van der Waals surface area contributed by atoms with Crippen LogP contribution in [-0.2, 0) is 11.0 Å². The number of halogens is 3. The van der Waals surface area contributed by atoms with E-state index in [4.69, 9.17) is 14.3 Å². The summed E-state index contributed by atoms with van der Waals surface area (Å²) in [5, 5.41) is 4.34. The Morgan fingerprint density at radius 1 is 0.860 bits per heavy atom. The van der Waals surface area contributed by atoms with Crippen molar-refractivity contribution in [1.82, 2.24) is 19.8 Å². The summed E-state index contributed by atoms with van der Waals surface area (Å²) in [5.41, 5.74) is 1.33. The molecular weight excluding hydrogens is 647 g/mol. The van der Waals surface area contributed by atoms with E-state index in [-0.39, 0.29) is 18.4 Å². The first-order chi connectivity index (χ1) is 24.2. The molecule has 13 heteroatoms. The molecule has 3 aliphatic rings. The zero-order valence-corrected chi connectivity index (χ0v) is 28.3. The van der Waals surface area contributed by atoms with Crippen molar-refractivity contribution in [2.75, 3.05) is 75.3 Å². The van der Waals surface area contributed by atoms with E-state index in [9.17, 15) is 13.2 Å². The Bertz CT molecular complexity index is 1750. The maximum Gasteiger partial charge on any atom is 0.421 e. The maximum absolute atomic E-state index is 14.3. The molecule has 3 fully saturated rings. The van der Waals surface area contributed by atoms with E-state index in [2.05, 4.69) is 37.0 Å². The lowest BCUT2D eigenvalue weighted by atomic mass is 10.0. The van der Waals surface area contributed by atoms with E-state index >= 15 is 0 Å². The Balaban J connectivity index is 1.08. The molecule has 4 aromatic rings. The lowest BCUT2D eigenvalue weighted by Gasteiger charge is -2.42. The number of nitrogens with zero attached hydrogens (tertiary/aromatic N) is 6. The second-order valence-corrected chi connectivity index (χ2v) is 12.9. The predicted octanol–water partition coefficient (Wildman–Crippen LogP) is 7.14. The number of nitrogens with one attached hydrogen (secondary N) is 1. The van der Waals surface area contributed by atoms with Gasteiger partial charge in [-0.25, -0.2) is 10.0 Å². The number of anilines is 4. The largest absolute Gasteiger partial charge is 0.495 e. The molecule has 1 unspecified atom stereocenters. The van der Waals surface area contributed by atoms with Crippen LogP contribution >= 0.6 is 0 Å². The fourth-order valence-electron chi connectivity index (χ4n) is 7.00. The normalized spacial score (nSPS) is 19.5. The molecule has 50 heavy (non-hydrogen) atoms. The minimum absolute atomic E-state index is 0.00575. The van der Waals surface area contributed by atoms with Crippen molar-refractivity contribution >= 4 is 23.1 Å². The summed E-state index contributed by atoms with van der Waals surface area (Å²) in [4.78, 5) is 21.6. The Hall–Kier alpha value is -4.59. The smallest absolute Gasteiger partial charge is 0.421 e. The van der Waals surface area contributed by atoms with E-state index in [0.29, 0.717) is 35.4 Å². The quantitative estimate of drug-likeness (QED) is 0.196. The molecule has 1 N–H and O–H groups in total. The van der Waals surface area contributed by atoms with Crippen LogP contribution in [-0.4, -0.2) is 85.8 Å². The number of piperazine rings is 1. The zero-order valence-electron chi connectivity index (χ0n) is 28.3. The summed E-state index contributed by atoms with van der Waals surface area (Å²) < 4.78 is 54.8. The molecule has 3 aliphatic heterocycles. The number of likely N-dealkylation sites (N-methyl/N-ethyl adjacent to an activating group) is 1. The molecule has 0 bridgehead atoms. The van der Waals surface area contributed by atoms with Gasteiger partial charge in [-0.3, -0.25) is 9.74 Å². The molecule has 0 saturated carbocycles. The number of para-hydroxylation sites is 1. The molecular formula is C37H42F3N7O3. The zero-order chi connectivity index (χ0) is 34.7. The maximum atomic E-state index is 14.3. The van der Waals surface area contributed by atoms with Gasteiger partial charge in [-0.2, -0.15) is 18.2 Å². The van der Waals surface area contributed by atoms with Crippen LogP contribution in [0.5, 0.6) is 17.2 Å². The fourth-order valence-corrected chi connectivity index (χ4v) is 7.00. The summed E-state index contributed by atoms with van der Waals surface area (Å²) in [6.07, 6.45) is -1.28. The number of ether oxygens (including phenoxy) is 2. The highest BCUT2D eigenvalue weighted by atomic mass is 19.4. The van der Waals surface area contributed by atoms with Gasteiger partial charge in [-0.1, -0.05) is 30.3 Å². The van der Waals surface area contributed by atoms with Gasteiger partial charge < -0.3 is 24.6 Å². The molecule has 1 atom stereocenters. The highest BCUT2D eigenvalue weighted by Gasteiger charge is 2.41. The molecule has 0 aliphatic carbocycles. The molecule has 0 radical (unpaired) electrons. The number of hydroxylamine groups is 1. The molecule has 264 valence electrons. The van der Waals surface area contributed by atoms with E-state index in [1.54, 1.807) is 13.2 Å². The van der Waals surface area contributed by atoms with Gasteiger partial charge in [-0.05, 0) is 61.9 Å². The summed E-state index contributed by atoms with van der Waals surface area (Å²) >= 11 is 0. The van der Waals surface area contributed by atoms with Crippen molar-refractivity contribution in [3.8, 4) is 17.2 Å². The molecule has 0 spiro atoms. The highest BCUT2D eigenvalue weighted by molar-refractivity contribution is 5.68. The van der Waals surface area contributed by atoms with Crippen molar-refractivity contribution in [1.29, 1.82) is 0 Å². The topological polar surface area (TPSA) is 78.5 Å². The number of hydrogen-bond donors (Lipinski definition) is 1. The Labute approximate surface area is 290 Å². The second kappa shape index (κ2) is 14.7. The highest BCUT2D eigenvalue weighted by Crippen LogP contribution is 2.43. The summed E-state index contributed by atoms with van der Waals surface area (Å²) in [6.45, 7) is 6.50. The molecule has 10 nitrogen and oxygen atoms in total. The van der Waals surface area contributed by atoms with Gasteiger partial charge in [-0.15, -0.1) is 0 Å². The third kappa shape index (κ3) is 7.59. The number of rotatable bonds is 9. The SMILES string of the molecule is COc1cc(Nc2ncc(C(F)(F)F)c(N3OCCC3c3cccc(Oc4ccccc4)c3)n2)ccc1N1CCC(N2CCN(C)CC2)CC1.